The number of carbonyl (C=O) groups is 1. The molecule has 0 amide bonds. The molecular formula is C7H11FO2. The summed E-state index contributed by atoms with van der Waals surface area (Å²) in [7, 11) is 0. The molecule has 1 aliphatic rings. The summed E-state index contributed by atoms with van der Waals surface area (Å²) >= 11 is 0. The number of aliphatic carboxylic acids is 1. The summed E-state index contributed by atoms with van der Waals surface area (Å²) < 4.78 is 12.5. The molecular weight excluding hydrogens is 135 g/mol. The van der Waals surface area contributed by atoms with Crippen molar-refractivity contribution >= 4 is 5.97 Å². The molecule has 2 atom stereocenters. The van der Waals surface area contributed by atoms with Gasteiger partial charge in [0.2, 0.25) is 0 Å². The van der Waals surface area contributed by atoms with Crippen LogP contribution in [0.4, 0.5) is 4.39 Å². The van der Waals surface area contributed by atoms with E-state index in [0.29, 0.717) is 6.42 Å². The first-order valence-corrected chi connectivity index (χ1v) is 3.51. The smallest absolute Gasteiger partial charge is 0.312 e. The maximum Gasteiger partial charge on any atom is 0.312 e. The maximum atomic E-state index is 12.5. The van der Waals surface area contributed by atoms with Gasteiger partial charge in [-0.2, -0.15) is 0 Å². The molecule has 1 aliphatic carbocycles. The Hall–Kier alpha value is -0.600. The summed E-state index contributed by atoms with van der Waals surface area (Å²) in [6, 6.07) is 0. The molecule has 0 aromatic carbocycles. The van der Waals surface area contributed by atoms with Crippen LogP contribution in [0.5, 0.6) is 0 Å². The number of hydrogen-bond donors (Lipinski definition) is 1. The quantitative estimate of drug-likeness (QED) is 0.656. The lowest BCUT2D eigenvalue weighted by molar-refractivity contribution is -0.144. The van der Waals surface area contributed by atoms with Crippen molar-refractivity contribution in [3.63, 3.8) is 0 Å². The fraction of sp³-hybridized carbons (Fsp3) is 0.857. The average Bonchev–Trinajstić information content (AvgIpc) is 2.44. The number of hydrogen-bond acceptors (Lipinski definition) is 1. The monoisotopic (exact) mass is 146 g/mol. The summed E-state index contributed by atoms with van der Waals surface area (Å²) in [6.45, 7) is 1.87. The van der Waals surface area contributed by atoms with E-state index in [1.807, 2.05) is 6.92 Å². The number of carboxylic acids is 1. The average molecular weight is 146 g/mol. The molecule has 0 aromatic heterocycles. The molecule has 1 rings (SSSR count). The van der Waals surface area contributed by atoms with Crippen molar-refractivity contribution in [2.24, 2.45) is 5.41 Å². The predicted molar refractivity (Wildman–Crippen MR) is 34.5 cm³/mol. The fourth-order valence-corrected chi connectivity index (χ4v) is 1.29. The molecule has 10 heavy (non-hydrogen) atoms. The second-order valence-corrected chi connectivity index (χ2v) is 2.88. The van der Waals surface area contributed by atoms with Crippen molar-refractivity contribution < 1.29 is 14.3 Å². The highest BCUT2D eigenvalue weighted by Crippen LogP contribution is 2.52. The zero-order valence-corrected chi connectivity index (χ0v) is 5.93. The Labute approximate surface area is 59.0 Å². The van der Waals surface area contributed by atoms with Crippen LogP contribution in [0.2, 0.25) is 0 Å². The van der Waals surface area contributed by atoms with Crippen molar-refractivity contribution in [2.45, 2.75) is 32.4 Å². The van der Waals surface area contributed by atoms with Crippen molar-refractivity contribution in [3.8, 4) is 0 Å². The lowest BCUT2D eigenvalue weighted by Crippen LogP contribution is -2.17. The fourth-order valence-electron chi connectivity index (χ4n) is 1.29. The Kier molecular flexibility index (Phi) is 1.67. The molecule has 2 unspecified atom stereocenters. The predicted octanol–water partition coefficient (Wildman–Crippen LogP) is 1.60. The molecule has 1 saturated carbocycles. The minimum atomic E-state index is -1.09. The second-order valence-electron chi connectivity index (χ2n) is 2.88. The molecule has 3 heteroatoms. The SMILES string of the molecule is CCCC1(C(=O)O)CC1F. The van der Waals surface area contributed by atoms with Crippen LogP contribution in [-0.2, 0) is 4.79 Å². The first kappa shape index (κ1) is 7.51. The van der Waals surface area contributed by atoms with E-state index in [0.717, 1.165) is 6.42 Å². The molecule has 0 radical (unpaired) electrons. The summed E-state index contributed by atoms with van der Waals surface area (Å²) in [6.07, 6.45) is 0.344. The Morgan fingerprint density at radius 1 is 1.90 bits per heavy atom. The lowest BCUT2D eigenvalue weighted by Gasteiger charge is -2.05. The molecule has 0 saturated heterocycles. The number of rotatable bonds is 3. The molecule has 58 valence electrons. The van der Waals surface area contributed by atoms with Gasteiger partial charge in [-0.05, 0) is 12.8 Å². The minimum absolute atomic E-state index is 0.218. The van der Waals surface area contributed by atoms with E-state index in [1.54, 1.807) is 0 Å². The van der Waals surface area contributed by atoms with Crippen molar-refractivity contribution in [1.29, 1.82) is 0 Å². The third-order valence-corrected chi connectivity index (χ3v) is 2.10. The van der Waals surface area contributed by atoms with E-state index < -0.39 is 17.6 Å². The van der Waals surface area contributed by atoms with Crippen LogP contribution in [0.3, 0.4) is 0 Å². The van der Waals surface area contributed by atoms with Crippen molar-refractivity contribution in [3.05, 3.63) is 0 Å². The summed E-state index contributed by atoms with van der Waals surface area (Å²) in [5, 5.41) is 8.57. The van der Waals surface area contributed by atoms with Crippen LogP contribution in [0.25, 0.3) is 0 Å². The molecule has 1 N–H and O–H groups in total. The molecule has 0 heterocycles. The van der Waals surface area contributed by atoms with Gasteiger partial charge in [0.05, 0.1) is 0 Å². The van der Waals surface area contributed by atoms with Gasteiger partial charge in [0, 0.05) is 0 Å². The van der Waals surface area contributed by atoms with Crippen LogP contribution < -0.4 is 0 Å². The summed E-state index contributed by atoms with van der Waals surface area (Å²) in [4.78, 5) is 10.4. The van der Waals surface area contributed by atoms with Crippen LogP contribution >= 0.6 is 0 Å². The topological polar surface area (TPSA) is 37.3 Å². The second kappa shape index (κ2) is 2.22. The first-order chi connectivity index (χ1) is 4.63. The van der Waals surface area contributed by atoms with Crippen LogP contribution in [0.1, 0.15) is 26.2 Å². The third kappa shape index (κ3) is 0.895. The van der Waals surface area contributed by atoms with Crippen molar-refractivity contribution in [2.75, 3.05) is 0 Å². The first-order valence-electron chi connectivity index (χ1n) is 3.51. The number of carboxylic acid groups (broad SMARTS) is 1. The zero-order chi connectivity index (χ0) is 7.78. The van der Waals surface area contributed by atoms with Crippen LogP contribution in [0, 0.1) is 5.41 Å². The van der Waals surface area contributed by atoms with Crippen LogP contribution in [-0.4, -0.2) is 17.2 Å². The largest absolute Gasteiger partial charge is 0.481 e. The molecule has 0 bridgehead atoms. The van der Waals surface area contributed by atoms with Gasteiger partial charge in [-0.1, -0.05) is 13.3 Å². The molecule has 0 spiro atoms. The Bertz CT molecular complexity index is 158. The van der Waals surface area contributed by atoms with Gasteiger partial charge in [-0.3, -0.25) is 4.79 Å². The maximum absolute atomic E-state index is 12.5. The standard InChI is InChI=1S/C7H11FO2/c1-2-3-7(6(9)10)4-5(7)8/h5H,2-4H2,1H3,(H,9,10). The molecule has 1 fully saturated rings. The van der Waals surface area contributed by atoms with Crippen LogP contribution in [0.15, 0.2) is 0 Å². The lowest BCUT2D eigenvalue weighted by atomic mass is 10.0. The highest BCUT2D eigenvalue weighted by atomic mass is 19.1. The van der Waals surface area contributed by atoms with Crippen molar-refractivity contribution in [1.82, 2.24) is 0 Å². The van der Waals surface area contributed by atoms with Gasteiger partial charge in [0.1, 0.15) is 11.6 Å². The van der Waals surface area contributed by atoms with Gasteiger partial charge >= 0.3 is 5.97 Å². The molecule has 2 nitrogen and oxygen atoms in total. The van der Waals surface area contributed by atoms with Gasteiger partial charge in [-0.25, -0.2) is 4.39 Å². The van der Waals surface area contributed by atoms with E-state index in [1.165, 1.54) is 0 Å². The highest BCUT2D eigenvalue weighted by molar-refractivity contribution is 5.79. The molecule has 0 aromatic rings. The molecule has 0 aliphatic heterocycles. The van der Waals surface area contributed by atoms with Gasteiger partial charge < -0.3 is 5.11 Å². The third-order valence-electron chi connectivity index (χ3n) is 2.10. The highest BCUT2D eigenvalue weighted by Gasteiger charge is 2.60. The van der Waals surface area contributed by atoms with E-state index in [2.05, 4.69) is 0 Å². The van der Waals surface area contributed by atoms with Gasteiger partial charge in [0.25, 0.3) is 0 Å². The Morgan fingerprint density at radius 3 is 2.50 bits per heavy atom. The van der Waals surface area contributed by atoms with E-state index >= 15 is 0 Å². The summed E-state index contributed by atoms with van der Waals surface area (Å²) in [5.41, 5.74) is -0.991. The van der Waals surface area contributed by atoms with E-state index in [9.17, 15) is 9.18 Å². The van der Waals surface area contributed by atoms with Gasteiger partial charge in [0.15, 0.2) is 0 Å². The van der Waals surface area contributed by atoms with Gasteiger partial charge in [-0.15, -0.1) is 0 Å². The minimum Gasteiger partial charge on any atom is -0.481 e. The zero-order valence-electron chi connectivity index (χ0n) is 5.93. The summed E-state index contributed by atoms with van der Waals surface area (Å²) in [5.74, 6) is -0.971. The number of halogens is 1. The Morgan fingerprint density at radius 2 is 2.40 bits per heavy atom. The van der Waals surface area contributed by atoms with E-state index in [-0.39, 0.29) is 6.42 Å². The van der Waals surface area contributed by atoms with E-state index in [4.69, 9.17) is 5.11 Å². The Balaban J connectivity index is 2.55. The normalized spacial score (nSPS) is 37.6. The number of alkyl halides is 1.